The van der Waals surface area contributed by atoms with Crippen molar-refractivity contribution in [2.24, 2.45) is 10.5 Å². The number of rotatable bonds is 4. The molecule has 4 nitrogen and oxygen atoms in total. The second-order valence-corrected chi connectivity index (χ2v) is 6.21. The van der Waals surface area contributed by atoms with Crippen molar-refractivity contribution in [2.75, 3.05) is 0 Å². The highest BCUT2D eigenvalue weighted by Crippen LogP contribution is 2.39. The number of ketones is 1. The van der Waals surface area contributed by atoms with E-state index in [1.54, 1.807) is 24.3 Å². The van der Waals surface area contributed by atoms with Gasteiger partial charge < -0.3 is 0 Å². The van der Waals surface area contributed by atoms with Crippen LogP contribution in [0.4, 0.5) is 5.69 Å². The van der Waals surface area contributed by atoms with E-state index in [0.29, 0.717) is 12.1 Å². The Morgan fingerprint density at radius 1 is 1.32 bits per heavy atom. The molecule has 0 atom stereocenters. The summed E-state index contributed by atoms with van der Waals surface area (Å²) in [5, 5.41) is 3.57. The van der Waals surface area contributed by atoms with Gasteiger partial charge in [-0.15, -0.1) is 0 Å². The Kier molecular flexibility index (Phi) is 4.64. The predicted octanol–water partition coefficient (Wildman–Crippen LogP) is 5.51. The average Bonchev–Trinajstić information content (AvgIpc) is 2.44. The van der Waals surface area contributed by atoms with Gasteiger partial charge in [0.05, 0.1) is 0 Å². The molecule has 2 rings (SSSR count). The van der Waals surface area contributed by atoms with Crippen LogP contribution in [0.2, 0.25) is 0 Å². The summed E-state index contributed by atoms with van der Waals surface area (Å²) in [4.78, 5) is 14.8. The van der Waals surface area contributed by atoms with Gasteiger partial charge in [-0.3, -0.25) is 4.79 Å². The molecule has 4 heteroatoms. The molecule has 0 spiro atoms. The van der Waals surface area contributed by atoms with Gasteiger partial charge in [-0.05, 0) is 40.2 Å². The first-order valence-electron chi connectivity index (χ1n) is 7.17. The molecule has 1 aliphatic rings. The summed E-state index contributed by atoms with van der Waals surface area (Å²) in [5.41, 5.74) is 12.0. The Morgan fingerprint density at radius 2 is 2.00 bits per heavy atom. The molecule has 0 saturated carbocycles. The molecule has 1 aromatic rings. The minimum atomic E-state index is -0.0352. The average molecular weight is 293 g/mol. The Labute approximate surface area is 130 Å². The van der Waals surface area contributed by atoms with Crippen LogP contribution in [0.5, 0.6) is 0 Å². The van der Waals surface area contributed by atoms with Crippen LogP contribution in [0.15, 0.2) is 59.8 Å². The van der Waals surface area contributed by atoms with Crippen molar-refractivity contribution >= 4 is 17.0 Å². The second kappa shape index (κ2) is 6.46. The fraction of sp³-hybridized carbons (Fsp3) is 0.278. The number of azide groups is 1. The molecular weight excluding hydrogens is 274 g/mol. The summed E-state index contributed by atoms with van der Waals surface area (Å²) in [5.74, 6) is 0.159. The molecule has 0 radical (unpaired) electrons. The standard InChI is InChI=1S/C18H19N3O/c1-4-5-17(13-6-8-15(9-7-13)20-21-19)14-10-16(22)12-18(2,3)11-14/h4-10H,1,11-12H2,2-3H3. The molecule has 0 aliphatic heterocycles. The molecular formula is C18H19N3O. The number of carbonyl (C=O) groups excluding carboxylic acids is 1. The zero-order chi connectivity index (χ0) is 16.2. The van der Waals surface area contributed by atoms with Crippen molar-refractivity contribution in [1.29, 1.82) is 0 Å². The van der Waals surface area contributed by atoms with Gasteiger partial charge in [-0.2, -0.15) is 0 Å². The third-order valence-corrected chi connectivity index (χ3v) is 3.63. The van der Waals surface area contributed by atoms with Crippen molar-refractivity contribution < 1.29 is 4.79 Å². The number of nitrogens with zero attached hydrogens (tertiary/aromatic N) is 3. The molecule has 0 aromatic heterocycles. The summed E-state index contributed by atoms with van der Waals surface area (Å²) in [6.45, 7) is 7.98. The maximum Gasteiger partial charge on any atom is 0.156 e. The summed E-state index contributed by atoms with van der Waals surface area (Å²) in [6, 6.07) is 7.32. The molecule has 0 unspecified atom stereocenters. The van der Waals surface area contributed by atoms with Gasteiger partial charge in [0.25, 0.3) is 0 Å². The summed E-state index contributed by atoms with van der Waals surface area (Å²) < 4.78 is 0. The second-order valence-electron chi connectivity index (χ2n) is 6.21. The molecule has 0 N–H and O–H groups in total. The number of carbonyl (C=O) groups is 1. The van der Waals surface area contributed by atoms with E-state index in [1.807, 2.05) is 18.2 Å². The van der Waals surface area contributed by atoms with Crippen LogP contribution in [0.25, 0.3) is 16.0 Å². The lowest BCUT2D eigenvalue weighted by Crippen LogP contribution is -2.22. The highest BCUT2D eigenvalue weighted by molar-refractivity contribution is 5.97. The van der Waals surface area contributed by atoms with Crippen LogP contribution in [0, 0.1) is 5.41 Å². The Morgan fingerprint density at radius 3 is 2.55 bits per heavy atom. The maximum absolute atomic E-state index is 12.0. The van der Waals surface area contributed by atoms with Crippen molar-refractivity contribution in [3.63, 3.8) is 0 Å². The third kappa shape index (κ3) is 3.74. The van der Waals surface area contributed by atoms with Gasteiger partial charge in [-0.25, -0.2) is 0 Å². The van der Waals surface area contributed by atoms with Gasteiger partial charge in [0.15, 0.2) is 5.78 Å². The minimum absolute atomic E-state index is 0.0352. The van der Waals surface area contributed by atoms with Gasteiger partial charge in [0.1, 0.15) is 0 Å². The van der Waals surface area contributed by atoms with Crippen molar-refractivity contribution in [1.82, 2.24) is 0 Å². The van der Waals surface area contributed by atoms with E-state index in [0.717, 1.165) is 23.1 Å². The summed E-state index contributed by atoms with van der Waals surface area (Å²) in [7, 11) is 0. The SMILES string of the molecule is C=CC=C(C1=CC(=O)CC(C)(C)C1)c1ccc(N=[N+]=[N-])cc1. The van der Waals surface area contributed by atoms with Gasteiger partial charge >= 0.3 is 0 Å². The molecule has 22 heavy (non-hydrogen) atoms. The monoisotopic (exact) mass is 293 g/mol. The number of hydrogen-bond donors (Lipinski definition) is 0. The first kappa shape index (κ1) is 15.8. The molecule has 0 bridgehead atoms. The lowest BCUT2D eigenvalue weighted by molar-refractivity contribution is -0.116. The van der Waals surface area contributed by atoms with Crippen LogP contribution < -0.4 is 0 Å². The number of benzene rings is 1. The van der Waals surface area contributed by atoms with Crippen LogP contribution in [0.3, 0.4) is 0 Å². The van der Waals surface area contributed by atoms with Crippen LogP contribution in [0.1, 0.15) is 32.3 Å². The van der Waals surface area contributed by atoms with E-state index in [9.17, 15) is 4.79 Å². The molecule has 0 amide bonds. The highest BCUT2D eigenvalue weighted by atomic mass is 16.1. The topological polar surface area (TPSA) is 65.8 Å². The van der Waals surface area contributed by atoms with E-state index in [-0.39, 0.29) is 11.2 Å². The van der Waals surface area contributed by atoms with E-state index < -0.39 is 0 Å². The zero-order valence-electron chi connectivity index (χ0n) is 12.9. The van der Waals surface area contributed by atoms with Crippen LogP contribution >= 0.6 is 0 Å². The first-order valence-corrected chi connectivity index (χ1v) is 7.17. The molecule has 1 aromatic carbocycles. The smallest absolute Gasteiger partial charge is 0.156 e. The molecule has 112 valence electrons. The quantitative estimate of drug-likeness (QED) is 0.312. The van der Waals surface area contributed by atoms with Crippen LogP contribution in [-0.2, 0) is 4.79 Å². The van der Waals surface area contributed by atoms with E-state index in [2.05, 4.69) is 30.5 Å². The molecule has 1 aliphatic carbocycles. The molecule has 0 saturated heterocycles. The Balaban J connectivity index is 2.43. The zero-order valence-corrected chi connectivity index (χ0v) is 12.9. The highest BCUT2D eigenvalue weighted by Gasteiger charge is 2.28. The molecule has 0 heterocycles. The Bertz CT molecular complexity index is 702. The fourth-order valence-corrected chi connectivity index (χ4v) is 2.78. The summed E-state index contributed by atoms with van der Waals surface area (Å²) >= 11 is 0. The van der Waals surface area contributed by atoms with Gasteiger partial charge in [0.2, 0.25) is 0 Å². The summed E-state index contributed by atoms with van der Waals surface area (Å²) in [6.07, 6.45) is 6.80. The maximum atomic E-state index is 12.0. The third-order valence-electron chi connectivity index (χ3n) is 3.63. The van der Waals surface area contributed by atoms with E-state index in [4.69, 9.17) is 5.53 Å². The van der Waals surface area contributed by atoms with Gasteiger partial charge in [-0.1, -0.05) is 62.0 Å². The number of hydrogen-bond acceptors (Lipinski definition) is 2. The van der Waals surface area contributed by atoms with Crippen molar-refractivity contribution in [3.8, 4) is 0 Å². The van der Waals surface area contributed by atoms with E-state index in [1.165, 1.54) is 0 Å². The fourth-order valence-electron chi connectivity index (χ4n) is 2.78. The minimum Gasteiger partial charge on any atom is -0.295 e. The van der Waals surface area contributed by atoms with Gasteiger partial charge in [0, 0.05) is 17.0 Å². The van der Waals surface area contributed by atoms with Crippen molar-refractivity contribution in [2.45, 2.75) is 26.7 Å². The van der Waals surface area contributed by atoms with E-state index >= 15 is 0 Å². The first-order chi connectivity index (χ1) is 10.4. The van der Waals surface area contributed by atoms with Crippen LogP contribution in [-0.4, -0.2) is 5.78 Å². The lowest BCUT2D eigenvalue weighted by Gasteiger charge is -2.30. The normalized spacial score (nSPS) is 17.5. The number of allylic oxidation sites excluding steroid dienone is 5. The molecule has 0 fully saturated rings. The largest absolute Gasteiger partial charge is 0.295 e. The predicted molar refractivity (Wildman–Crippen MR) is 89.5 cm³/mol. The lowest BCUT2D eigenvalue weighted by atomic mass is 9.74. The Hall–Kier alpha value is -2.58. The van der Waals surface area contributed by atoms with Crippen molar-refractivity contribution in [3.05, 3.63) is 70.7 Å².